The zero-order valence-electron chi connectivity index (χ0n) is 11.3. The van der Waals surface area contributed by atoms with Gasteiger partial charge in [0.15, 0.2) is 5.69 Å². The third kappa shape index (κ3) is 3.85. The number of nitrogens with zero attached hydrogens (tertiary/aromatic N) is 4. The lowest BCUT2D eigenvalue weighted by Gasteiger charge is -2.06. The third-order valence-corrected chi connectivity index (χ3v) is 3.81. The second-order valence-electron chi connectivity index (χ2n) is 4.53. The number of hydrogen-bond acceptors (Lipinski definition) is 6. The zero-order chi connectivity index (χ0) is 15.5. The lowest BCUT2D eigenvalue weighted by molar-refractivity contribution is 0.0691. The molecule has 112 valence electrons. The van der Waals surface area contributed by atoms with Crippen LogP contribution in [0.5, 0.6) is 0 Å². The first-order valence-electron chi connectivity index (χ1n) is 6.13. The zero-order valence-corrected chi connectivity index (χ0v) is 12.1. The number of carbonyl (C=O) groups is 1. The number of aryl methyl sites for hydroxylation is 1. The van der Waals surface area contributed by atoms with Crippen LogP contribution >= 0.6 is 0 Å². The molecule has 0 aromatic carbocycles. The van der Waals surface area contributed by atoms with Crippen molar-refractivity contribution < 1.29 is 18.3 Å². The van der Waals surface area contributed by atoms with Gasteiger partial charge in [-0.2, -0.15) is 0 Å². The van der Waals surface area contributed by atoms with Crippen LogP contribution in [0, 0.1) is 0 Å². The molecular formula is C12H14N4O4S. The molecule has 0 spiro atoms. The highest BCUT2D eigenvalue weighted by molar-refractivity contribution is 7.90. The minimum atomic E-state index is -3.07. The Bertz CT molecular complexity index is 740. The average molecular weight is 310 g/mol. The molecule has 0 fully saturated rings. The third-order valence-electron chi connectivity index (χ3n) is 2.78. The summed E-state index contributed by atoms with van der Waals surface area (Å²) >= 11 is 0. The monoisotopic (exact) mass is 310 g/mol. The minimum Gasteiger partial charge on any atom is -0.476 e. The molecule has 2 rings (SSSR count). The number of aromatic nitrogens is 4. The van der Waals surface area contributed by atoms with Crippen LogP contribution in [0.25, 0.3) is 11.3 Å². The summed E-state index contributed by atoms with van der Waals surface area (Å²) < 4.78 is 23.7. The van der Waals surface area contributed by atoms with Crippen LogP contribution in [0.4, 0.5) is 0 Å². The van der Waals surface area contributed by atoms with Gasteiger partial charge in [-0.25, -0.2) is 17.9 Å². The Morgan fingerprint density at radius 1 is 1.33 bits per heavy atom. The first-order valence-corrected chi connectivity index (χ1v) is 8.19. The lowest BCUT2D eigenvalue weighted by atomic mass is 10.1. The van der Waals surface area contributed by atoms with Gasteiger partial charge < -0.3 is 5.11 Å². The standard InChI is InChI=1S/C12H14N4O4S/c1-21(19,20)8-2-7-16-11(9-3-5-13-6-4-9)10(12(17)18)14-15-16/h3-6H,2,7-8H2,1H3,(H,17,18). The fourth-order valence-electron chi connectivity index (χ4n) is 1.89. The van der Waals surface area contributed by atoms with Crippen LogP contribution in [0.2, 0.25) is 0 Å². The van der Waals surface area contributed by atoms with Crippen LogP contribution < -0.4 is 0 Å². The molecule has 2 heterocycles. The van der Waals surface area contributed by atoms with Crippen molar-refractivity contribution in [3.63, 3.8) is 0 Å². The topological polar surface area (TPSA) is 115 Å². The maximum Gasteiger partial charge on any atom is 0.358 e. The molecule has 0 aliphatic heterocycles. The average Bonchev–Trinajstić information content (AvgIpc) is 2.82. The number of aromatic carboxylic acids is 1. The molecule has 0 saturated heterocycles. The fourth-order valence-corrected chi connectivity index (χ4v) is 2.54. The predicted molar refractivity (Wildman–Crippen MR) is 74.5 cm³/mol. The number of carboxylic acids is 1. The molecule has 0 radical (unpaired) electrons. The molecule has 1 N–H and O–H groups in total. The number of hydrogen-bond donors (Lipinski definition) is 1. The second kappa shape index (κ2) is 6.00. The van der Waals surface area contributed by atoms with Gasteiger partial charge in [-0.3, -0.25) is 4.98 Å². The quantitative estimate of drug-likeness (QED) is 0.824. The Balaban J connectivity index is 2.32. The van der Waals surface area contributed by atoms with E-state index in [2.05, 4.69) is 15.3 Å². The molecule has 0 atom stereocenters. The smallest absolute Gasteiger partial charge is 0.358 e. The van der Waals surface area contributed by atoms with Gasteiger partial charge in [0, 0.05) is 30.8 Å². The maximum absolute atomic E-state index is 11.2. The van der Waals surface area contributed by atoms with Crippen LogP contribution in [0.1, 0.15) is 16.9 Å². The summed E-state index contributed by atoms with van der Waals surface area (Å²) in [7, 11) is -3.07. The Morgan fingerprint density at radius 2 is 2.00 bits per heavy atom. The normalized spacial score (nSPS) is 11.5. The highest BCUT2D eigenvalue weighted by Gasteiger charge is 2.20. The van der Waals surface area contributed by atoms with Crippen molar-refractivity contribution in [1.29, 1.82) is 0 Å². The van der Waals surface area contributed by atoms with E-state index in [0.29, 0.717) is 17.7 Å². The van der Waals surface area contributed by atoms with Gasteiger partial charge in [0.2, 0.25) is 0 Å². The van der Waals surface area contributed by atoms with Crippen molar-refractivity contribution in [2.24, 2.45) is 0 Å². The molecule has 0 bridgehead atoms. The highest BCUT2D eigenvalue weighted by atomic mass is 32.2. The molecular weight excluding hydrogens is 296 g/mol. The SMILES string of the molecule is CS(=O)(=O)CCCn1nnc(C(=O)O)c1-c1ccncc1. The van der Waals surface area contributed by atoms with E-state index in [-0.39, 0.29) is 18.0 Å². The fraction of sp³-hybridized carbons (Fsp3) is 0.333. The predicted octanol–water partition coefficient (Wildman–Crippen LogP) is 0.473. The van der Waals surface area contributed by atoms with Crippen LogP contribution in [0.15, 0.2) is 24.5 Å². The molecule has 21 heavy (non-hydrogen) atoms. The number of carboxylic acid groups (broad SMARTS) is 1. The van der Waals surface area contributed by atoms with Gasteiger partial charge in [0.05, 0.1) is 5.75 Å². The van der Waals surface area contributed by atoms with E-state index < -0.39 is 15.8 Å². The molecule has 0 saturated carbocycles. The molecule has 0 aliphatic carbocycles. The summed E-state index contributed by atoms with van der Waals surface area (Å²) in [6.07, 6.45) is 4.56. The summed E-state index contributed by atoms with van der Waals surface area (Å²) in [4.78, 5) is 15.1. The van der Waals surface area contributed by atoms with Crippen LogP contribution in [-0.2, 0) is 16.4 Å². The molecule has 8 nitrogen and oxygen atoms in total. The Labute approximate surface area is 121 Å². The summed E-state index contributed by atoms with van der Waals surface area (Å²) in [5.41, 5.74) is 0.797. The van der Waals surface area contributed by atoms with Gasteiger partial charge in [-0.15, -0.1) is 5.10 Å². The maximum atomic E-state index is 11.2. The van der Waals surface area contributed by atoms with E-state index in [1.807, 2.05) is 0 Å². The number of rotatable bonds is 6. The van der Waals surface area contributed by atoms with Crippen molar-refractivity contribution in [2.45, 2.75) is 13.0 Å². The largest absolute Gasteiger partial charge is 0.476 e. The number of pyridine rings is 1. The van der Waals surface area contributed by atoms with E-state index in [1.54, 1.807) is 12.1 Å². The summed E-state index contributed by atoms with van der Waals surface area (Å²) in [6.45, 7) is 0.269. The highest BCUT2D eigenvalue weighted by Crippen LogP contribution is 2.21. The number of sulfone groups is 1. The molecule has 9 heteroatoms. The molecule has 0 aliphatic rings. The Hall–Kier alpha value is -2.29. The summed E-state index contributed by atoms with van der Waals surface area (Å²) in [5, 5.41) is 16.6. The van der Waals surface area contributed by atoms with Gasteiger partial charge in [-0.05, 0) is 18.6 Å². The van der Waals surface area contributed by atoms with Crippen molar-refractivity contribution >= 4 is 15.8 Å². The molecule has 2 aromatic heterocycles. The van der Waals surface area contributed by atoms with E-state index in [0.717, 1.165) is 6.26 Å². The van der Waals surface area contributed by atoms with E-state index in [4.69, 9.17) is 5.11 Å². The summed E-state index contributed by atoms with van der Waals surface area (Å²) in [6, 6.07) is 3.30. The van der Waals surface area contributed by atoms with E-state index in [9.17, 15) is 13.2 Å². The van der Waals surface area contributed by atoms with Crippen molar-refractivity contribution in [3.05, 3.63) is 30.2 Å². The molecule has 2 aromatic rings. The minimum absolute atomic E-state index is 0.00501. The van der Waals surface area contributed by atoms with Crippen molar-refractivity contribution in [1.82, 2.24) is 20.0 Å². The van der Waals surface area contributed by atoms with Gasteiger partial charge in [0.1, 0.15) is 15.5 Å². The van der Waals surface area contributed by atoms with Gasteiger partial charge in [0.25, 0.3) is 0 Å². The molecule has 0 unspecified atom stereocenters. The Morgan fingerprint density at radius 3 is 2.57 bits per heavy atom. The first kappa shape index (κ1) is 15.1. The Kier molecular flexibility index (Phi) is 4.32. The first-order chi connectivity index (χ1) is 9.88. The van der Waals surface area contributed by atoms with Crippen LogP contribution in [-0.4, -0.2) is 51.5 Å². The lowest BCUT2D eigenvalue weighted by Crippen LogP contribution is -2.10. The summed E-state index contributed by atoms with van der Waals surface area (Å²) in [5.74, 6) is -1.18. The second-order valence-corrected chi connectivity index (χ2v) is 6.79. The van der Waals surface area contributed by atoms with Crippen LogP contribution in [0.3, 0.4) is 0 Å². The van der Waals surface area contributed by atoms with Crippen molar-refractivity contribution in [3.8, 4) is 11.3 Å². The van der Waals surface area contributed by atoms with Crippen molar-refractivity contribution in [2.75, 3.05) is 12.0 Å². The van der Waals surface area contributed by atoms with Gasteiger partial charge >= 0.3 is 5.97 Å². The van der Waals surface area contributed by atoms with E-state index >= 15 is 0 Å². The molecule has 0 amide bonds. The van der Waals surface area contributed by atoms with Gasteiger partial charge in [-0.1, -0.05) is 5.21 Å². The van der Waals surface area contributed by atoms with E-state index in [1.165, 1.54) is 17.1 Å².